The molecule has 0 fully saturated rings. The third-order valence-electron chi connectivity index (χ3n) is 4.90. The predicted octanol–water partition coefficient (Wildman–Crippen LogP) is 3.78. The van der Waals surface area contributed by atoms with Crippen LogP contribution in [0.15, 0.2) is 61.1 Å². The lowest BCUT2D eigenvalue weighted by molar-refractivity contribution is 0.0940. The third-order valence-corrected chi connectivity index (χ3v) is 4.90. The van der Waals surface area contributed by atoms with Crippen molar-refractivity contribution in [2.75, 3.05) is 13.1 Å². The van der Waals surface area contributed by atoms with Crippen LogP contribution in [0.3, 0.4) is 0 Å². The molecular formula is C23H29N5O. The van der Waals surface area contributed by atoms with Gasteiger partial charge in [-0.2, -0.15) is 5.10 Å². The van der Waals surface area contributed by atoms with Crippen molar-refractivity contribution in [3.05, 3.63) is 66.6 Å². The van der Waals surface area contributed by atoms with Gasteiger partial charge in [0.2, 0.25) is 0 Å². The van der Waals surface area contributed by atoms with E-state index in [-0.39, 0.29) is 5.91 Å². The van der Waals surface area contributed by atoms with Crippen LogP contribution in [0.25, 0.3) is 16.9 Å². The molecule has 0 saturated heterocycles. The van der Waals surface area contributed by atoms with Gasteiger partial charge in [-0.15, -0.1) is 0 Å². The fourth-order valence-electron chi connectivity index (χ4n) is 3.48. The molecule has 6 heteroatoms. The van der Waals surface area contributed by atoms with E-state index in [2.05, 4.69) is 48.0 Å². The molecule has 3 rings (SSSR count). The number of hydrogen-bond donors (Lipinski definition) is 1. The van der Waals surface area contributed by atoms with Gasteiger partial charge in [0.1, 0.15) is 5.69 Å². The van der Waals surface area contributed by atoms with E-state index in [4.69, 9.17) is 0 Å². The van der Waals surface area contributed by atoms with E-state index in [1.807, 2.05) is 42.5 Å². The highest BCUT2D eigenvalue weighted by Gasteiger charge is 2.19. The van der Waals surface area contributed by atoms with Gasteiger partial charge in [0, 0.05) is 49.3 Å². The first-order valence-corrected chi connectivity index (χ1v) is 10.1. The van der Waals surface area contributed by atoms with Crippen molar-refractivity contribution < 1.29 is 4.79 Å². The summed E-state index contributed by atoms with van der Waals surface area (Å²) in [5.74, 6) is -0.126. The molecule has 2 heterocycles. The van der Waals surface area contributed by atoms with Crippen LogP contribution < -0.4 is 5.32 Å². The minimum Gasteiger partial charge on any atom is -0.351 e. The third kappa shape index (κ3) is 5.09. The normalized spacial score (nSPS) is 11.4. The van der Waals surface area contributed by atoms with E-state index in [9.17, 15) is 4.79 Å². The maximum absolute atomic E-state index is 13.0. The van der Waals surface area contributed by atoms with Gasteiger partial charge in [-0.05, 0) is 52.0 Å². The molecule has 0 aliphatic rings. The highest BCUT2D eigenvalue weighted by atomic mass is 16.1. The largest absolute Gasteiger partial charge is 0.351 e. The predicted molar refractivity (Wildman–Crippen MR) is 116 cm³/mol. The molecule has 0 bridgehead atoms. The Bertz CT molecular complexity index is 911. The number of amides is 1. The topological polar surface area (TPSA) is 63.1 Å². The second kappa shape index (κ2) is 9.47. The summed E-state index contributed by atoms with van der Waals surface area (Å²) >= 11 is 0. The van der Waals surface area contributed by atoms with E-state index >= 15 is 0 Å². The molecule has 0 atom stereocenters. The Hall–Kier alpha value is -2.99. The maximum atomic E-state index is 13.0. The molecule has 3 aromatic rings. The molecule has 0 spiro atoms. The average molecular weight is 392 g/mol. The summed E-state index contributed by atoms with van der Waals surface area (Å²) in [6, 6.07) is 14.4. The van der Waals surface area contributed by atoms with Crippen LogP contribution in [0, 0.1) is 0 Å². The minimum atomic E-state index is -0.126. The van der Waals surface area contributed by atoms with Crippen LogP contribution in [0.5, 0.6) is 0 Å². The molecule has 1 amide bonds. The molecule has 0 aliphatic heterocycles. The molecule has 0 saturated carbocycles. The number of carbonyl (C=O) groups excluding carboxylic acids is 1. The van der Waals surface area contributed by atoms with Crippen LogP contribution >= 0.6 is 0 Å². The zero-order chi connectivity index (χ0) is 20.8. The Morgan fingerprint density at radius 3 is 2.41 bits per heavy atom. The van der Waals surface area contributed by atoms with Crippen molar-refractivity contribution in [3.63, 3.8) is 0 Å². The van der Waals surface area contributed by atoms with E-state index in [0.29, 0.717) is 29.9 Å². The van der Waals surface area contributed by atoms with Crippen molar-refractivity contribution in [2.24, 2.45) is 0 Å². The number of pyridine rings is 1. The molecule has 2 aromatic heterocycles. The van der Waals surface area contributed by atoms with Crippen molar-refractivity contribution in [1.82, 2.24) is 25.0 Å². The van der Waals surface area contributed by atoms with Crippen LogP contribution in [0.1, 0.15) is 38.1 Å². The number of benzene rings is 1. The number of aromatic nitrogens is 3. The lowest BCUT2D eigenvalue weighted by atomic mass is 10.1. The van der Waals surface area contributed by atoms with Crippen LogP contribution in [-0.4, -0.2) is 50.7 Å². The number of para-hydroxylation sites is 1. The van der Waals surface area contributed by atoms with Crippen molar-refractivity contribution in [1.29, 1.82) is 0 Å². The van der Waals surface area contributed by atoms with E-state index in [1.165, 1.54) is 0 Å². The molecule has 0 aliphatic carbocycles. The maximum Gasteiger partial charge on any atom is 0.255 e. The molecule has 0 radical (unpaired) electrons. The Kier molecular flexibility index (Phi) is 6.77. The average Bonchev–Trinajstić information content (AvgIpc) is 3.17. The number of carbonyl (C=O) groups is 1. The first-order chi connectivity index (χ1) is 14.0. The molecule has 29 heavy (non-hydrogen) atoms. The fraction of sp³-hybridized carbons (Fsp3) is 0.348. The van der Waals surface area contributed by atoms with Crippen molar-refractivity contribution in [3.8, 4) is 16.9 Å². The summed E-state index contributed by atoms with van der Waals surface area (Å²) in [6.45, 7) is 10.1. The summed E-state index contributed by atoms with van der Waals surface area (Å²) in [6.07, 6.45) is 5.23. The lowest BCUT2D eigenvalue weighted by Gasteiger charge is -2.30. The summed E-state index contributed by atoms with van der Waals surface area (Å²) in [5.41, 5.74) is 2.90. The van der Waals surface area contributed by atoms with E-state index in [0.717, 1.165) is 17.8 Å². The Balaban J connectivity index is 1.83. The van der Waals surface area contributed by atoms with Crippen molar-refractivity contribution >= 4 is 5.91 Å². The van der Waals surface area contributed by atoms with Crippen LogP contribution in [0.2, 0.25) is 0 Å². The van der Waals surface area contributed by atoms with Crippen LogP contribution in [-0.2, 0) is 0 Å². The van der Waals surface area contributed by atoms with Gasteiger partial charge < -0.3 is 5.32 Å². The van der Waals surface area contributed by atoms with Gasteiger partial charge in [0.05, 0.1) is 11.3 Å². The second-order valence-corrected chi connectivity index (χ2v) is 7.59. The summed E-state index contributed by atoms with van der Waals surface area (Å²) < 4.78 is 1.74. The van der Waals surface area contributed by atoms with Crippen LogP contribution in [0.4, 0.5) is 0 Å². The molecule has 1 aromatic carbocycles. The standard InChI is InChI=1S/C23H29N5O/c1-17(2)27(18(3)4)14-13-25-23(29)21-16-28(20-10-6-5-7-11-20)26-22(21)19-9-8-12-24-15-19/h5-12,15-18H,13-14H2,1-4H3,(H,25,29). The Morgan fingerprint density at radius 2 is 1.79 bits per heavy atom. The quantitative estimate of drug-likeness (QED) is 0.635. The number of nitrogens with one attached hydrogen (secondary N) is 1. The van der Waals surface area contributed by atoms with E-state index in [1.54, 1.807) is 23.3 Å². The van der Waals surface area contributed by atoms with Gasteiger partial charge in [0.25, 0.3) is 5.91 Å². The highest BCUT2D eigenvalue weighted by Crippen LogP contribution is 2.23. The smallest absolute Gasteiger partial charge is 0.255 e. The zero-order valence-corrected chi connectivity index (χ0v) is 17.5. The van der Waals surface area contributed by atoms with Gasteiger partial charge >= 0.3 is 0 Å². The number of hydrogen-bond acceptors (Lipinski definition) is 4. The summed E-state index contributed by atoms with van der Waals surface area (Å²) in [4.78, 5) is 19.5. The SMILES string of the molecule is CC(C)N(CCNC(=O)c1cn(-c2ccccc2)nc1-c1cccnc1)C(C)C. The number of rotatable bonds is 8. The Labute approximate surface area is 172 Å². The fourth-order valence-corrected chi connectivity index (χ4v) is 3.48. The molecular weight excluding hydrogens is 362 g/mol. The van der Waals surface area contributed by atoms with Gasteiger partial charge in [0.15, 0.2) is 0 Å². The molecule has 0 unspecified atom stereocenters. The van der Waals surface area contributed by atoms with E-state index < -0.39 is 0 Å². The number of nitrogens with zero attached hydrogens (tertiary/aromatic N) is 4. The minimum absolute atomic E-state index is 0.126. The first-order valence-electron chi connectivity index (χ1n) is 10.1. The second-order valence-electron chi connectivity index (χ2n) is 7.59. The lowest BCUT2D eigenvalue weighted by Crippen LogP contribution is -2.42. The molecule has 6 nitrogen and oxygen atoms in total. The van der Waals surface area contributed by atoms with Gasteiger partial charge in [-0.3, -0.25) is 14.7 Å². The summed E-state index contributed by atoms with van der Waals surface area (Å²) in [5, 5.41) is 7.74. The van der Waals surface area contributed by atoms with Gasteiger partial charge in [-0.25, -0.2) is 4.68 Å². The van der Waals surface area contributed by atoms with Gasteiger partial charge in [-0.1, -0.05) is 18.2 Å². The first kappa shape index (κ1) is 20.7. The van der Waals surface area contributed by atoms with Crippen molar-refractivity contribution in [2.45, 2.75) is 39.8 Å². The zero-order valence-electron chi connectivity index (χ0n) is 17.5. The molecule has 152 valence electrons. The Morgan fingerprint density at radius 1 is 1.07 bits per heavy atom. The monoisotopic (exact) mass is 391 g/mol. The summed E-state index contributed by atoms with van der Waals surface area (Å²) in [7, 11) is 0. The highest BCUT2D eigenvalue weighted by molar-refractivity contribution is 5.99. The molecule has 1 N–H and O–H groups in total.